The van der Waals surface area contributed by atoms with Gasteiger partial charge in [-0.3, -0.25) is 0 Å². The molecule has 1 aromatic heterocycles. The van der Waals surface area contributed by atoms with Crippen molar-refractivity contribution in [1.29, 1.82) is 0 Å². The molecule has 0 saturated carbocycles. The molecule has 94 valence electrons. The fraction of sp³-hybridized carbons (Fsp3) is 0.267. The lowest BCUT2D eigenvalue weighted by Gasteiger charge is -2.21. The smallest absolute Gasteiger partial charge is 0.131 e. The lowest BCUT2D eigenvalue weighted by Crippen LogP contribution is -2.19. The monoisotopic (exact) mass is 304 g/mol. The van der Waals surface area contributed by atoms with E-state index in [0.29, 0.717) is 0 Å². The van der Waals surface area contributed by atoms with E-state index in [2.05, 4.69) is 77.0 Å². The summed E-state index contributed by atoms with van der Waals surface area (Å²) in [6.45, 7) is 5.11. The van der Waals surface area contributed by atoms with Crippen LogP contribution in [0.5, 0.6) is 0 Å². The Morgan fingerprint density at radius 3 is 2.56 bits per heavy atom. The van der Waals surface area contributed by atoms with Crippen molar-refractivity contribution in [2.45, 2.75) is 20.4 Å². The molecule has 0 aliphatic rings. The molecule has 0 radical (unpaired) electrons. The number of anilines is 1. The Morgan fingerprint density at radius 2 is 1.89 bits per heavy atom. The minimum atomic E-state index is 0.877. The van der Waals surface area contributed by atoms with Crippen LogP contribution in [0, 0.1) is 13.8 Å². The summed E-state index contributed by atoms with van der Waals surface area (Å²) in [5.74, 6) is 1.03. The van der Waals surface area contributed by atoms with Crippen LogP contribution in [0.15, 0.2) is 41.0 Å². The average molecular weight is 305 g/mol. The molecular weight excluding hydrogens is 288 g/mol. The fourth-order valence-electron chi connectivity index (χ4n) is 2.05. The molecular formula is C15H17BrN2. The average Bonchev–Trinajstić information content (AvgIpc) is 2.32. The molecule has 0 unspecified atom stereocenters. The first-order valence-electron chi connectivity index (χ1n) is 5.95. The second kappa shape index (κ2) is 5.53. The number of hydrogen-bond acceptors (Lipinski definition) is 2. The van der Waals surface area contributed by atoms with Crippen molar-refractivity contribution in [3.63, 3.8) is 0 Å². The fourth-order valence-corrected chi connectivity index (χ4v) is 2.50. The molecule has 0 atom stereocenters. The number of benzene rings is 1. The minimum absolute atomic E-state index is 0.877. The van der Waals surface area contributed by atoms with E-state index in [9.17, 15) is 0 Å². The lowest BCUT2D eigenvalue weighted by molar-refractivity contribution is 0.883. The van der Waals surface area contributed by atoms with Gasteiger partial charge in [0.2, 0.25) is 0 Å². The molecule has 1 aromatic carbocycles. The van der Waals surface area contributed by atoms with Gasteiger partial charge in [0, 0.05) is 24.3 Å². The van der Waals surface area contributed by atoms with Crippen LogP contribution in [-0.4, -0.2) is 12.0 Å². The van der Waals surface area contributed by atoms with Gasteiger partial charge in [-0.05, 0) is 52.5 Å². The molecule has 2 rings (SSSR count). The van der Waals surface area contributed by atoms with Crippen molar-refractivity contribution in [3.05, 3.63) is 57.7 Å². The van der Waals surface area contributed by atoms with Crippen LogP contribution in [0.4, 0.5) is 5.82 Å². The Labute approximate surface area is 117 Å². The number of rotatable bonds is 3. The van der Waals surface area contributed by atoms with Crippen LogP contribution in [0.25, 0.3) is 0 Å². The predicted octanol–water partition coefficient (Wildman–Crippen LogP) is 4.10. The SMILES string of the molecule is Cc1ccccc1CN(C)c1ncc(Br)cc1C. The summed E-state index contributed by atoms with van der Waals surface area (Å²) in [7, 11) is 2.08. The van der Waals surface area contributed by atoms with Crippen LogP contribution in [-0.2, 0) is 6.54 Å². The number of nitrogens with zero attached hydrogens (tertiary/aromatic N) is 2. The standard InChI is InChI=1S/C15H17BrN2/c1-11-6-4-5-7-13(11)10-18(3)15-12(2)8-14(16)9-17-15/h4-9H,10H2,1-3H3. The zero-order valence-electron chi connectivity index (χ0n) is 10.9. The molecule has 2 nitrogen and oxygen atoms in total. The van der Waals surface area contributed by atoms with Gasteiger partial charge in [-0.15, -0.1) is 0 Å². The van der Waals surface area contributed by atoms with E-state index in [1.807, 2.05) is 6.20 Å². The Kier molecular flexibility index (Phi) is 4.02. The summed E-state index contributed by atoms with van der Waals surface area (Å²) in [5.41, 5.74) is 3.84. The number of pyridine rings is 1. The highest BCUT2D eigenvalue weighted by atomic mass is 79.9. The van der Waals surface area contributed by atoms with E-state index in [0.717, 1.165) is 16.8 Å². The van der Waals surface area contributed by atoms with Gasteiger partial charge in [0.1, 0.15) is 5.82 Å². The Balaban J connectivity index is 2.22. The third-order valence-electron chi connectivity index (χ3n) is 3.05. The van der Waals surface area contributed by atoms with Gasteiger partial charge in [0.15, 0.2) is 0 Å². The molecule has 3 heteroatoms. The summed E-state index contributed by atoms with van der Waals surface area (Å²) >= 11 is 3.44. The molecule has 0 amide bonds. The van der Waals surface area contributed by atoms with Crippen molar-refractivity contribution in [1.82, 2.24) is 4.98 Å². The lowest BCUT2D eigenvalue weighted by atomic mass is 10.1. The number of halogens is 1. The van der Waals surface area contributed by atoms with Gasteiger partial charge in [-0.2, -0.15) is 0 Å². The van der Waals surface area contributed by atoms with Gasteiger partial charge in [0.05, 0.1) is 0 Å². The van der Waals surface area contributed by atoms with Crippen molar-refractivity contribution in [2.75, 3.05) is 11.9 Å². The summed E-state index contributed by atoms with van der Waals surface area (Å²) in [4.78, 5) is 6.67. The highest BCUT2D eigenvalue weighted by Crippen LogP contribution is 2.21. The van der Waals surface area contributed by atoms with Crippen molar-refractivity contribution < 1.29 is 0 Å². The summed E-state index contributed by atoms with van der Waals surface area (Å²) < 4.78 is 1.02. The first-order chi connectivity index (χ1) is 8.58. The summed E-state index contributed by atoms with van der Waals surface area (Å²) in [6, 6.07) is 10.6. The maximum atomic E-state index is 4.48. The zero-order chi connectivity index (χ0) is 13.1. The van der Waals surface area contributed by atoms with Crippen LogP contribution in [0.3, 0.4) is 0 Å². The molecule has 0 spiro atoms. The molecule has 0 N–H and O–H groups in total. The maximum absolute atomic E-state index is 4.48. The maximum Gasteiger partial charge on any atom is 0.131 e. The molecule has 0 bridgehead atoms. The normalized spacial score (nSPS) is 10.4. The van der Waals surface area contributed by atoms with Gasteiger partial charge in [0.25, 0.3) is 0 Å². The molecule has 0 aliphatic heterocycles. The zero-order valence-corrected chi connectivity index (χ0v) is 12.5. The molecule has 0 saturated heterocycles. The molecule has 2 aromatic rings. The van der Waals surface area contributed by atoms with Gasteiger partial charge in [-0.25, -0.2) is 4.98 Å². The third-order valence-corrected chi connectivity index (χ3v) is 3.48. The number of aryl methyl sites for hydroxylation is 2. The Bertz CT molecular complexity index is 552. The van der Waals surface area contributed by atoms with Gasteiger partial charge >= 0.3 is 0 Å². The Morgan fingerprint density at radius 1 is 1.17 bits per heavy atom. The third kappa shape index (κ3) is 2.91. The van der Waals surface area contributed by atoms with Crippen molar-refractivity contribution >= 4 is 21.7 Å². The Hall–Kier alpha value is -1.35. The summed E-state index contributed by atoms with van der Waals surface area (Å²) in [6.07, 6.45) is 1.84. The van der Waals surface area contributed by atoms with E-state index in [-0.39, 0.29) is 0 Å². The number of aromatic nitrogens is 1. The second-order valence-electron chi connectivity index (χ2n) is 4.58. The van der Waals surface area contributed by atoms with E-state index in [1.165, 1.54) is 16.7 Å². The molecule has 0 fully saturated rings. The van der Waals surface area contributed by atoms with E-state index in [1.54, 1.807) is 0 Å². The van der Waals surface area contributed by atoms with Crippen LogP contribution < -0.4 is 4.90 Å². The minimum Gasteiger partial charge on any atom is -0.355 e. The molecule has 0 aliphatic carbocycles. The first kappa shape index (κ1) is 13.1. The quantitative estimate of drug-likeness (QED) is 0.849. The van der Waals surface area contributed by atoms with Crippen molar-refractivity contribution in [3.8, 4) is 0 Å². The highest BCUT2D eigenvalue weighted by Gasteiger charge is 2.08. The van der Waals surface area contributed by atoms with Gasteiger partial charge < -0.3 is 4.90 Å². The first-order valence-corrected chi connectivity index (χ1v) is 6.75. The second-order valence-corrected chi connectivity index (χ2v) is 5.49. The van der Waals surface area contributed by atoms with Crippen LogP contribution in [0.1, 0.15) is 16.7 Å². The molecule has 18 heavy (non-hydrogen) atoms. The van der Waals surface area contributed by atoms with Crippen molar-refractivity contribution in [2.24, 2.45) is 0 Å². The largest absolute Gasteiger partial charge is 0.355 e. The predicted molar refractivity (Wildman–Crippen MR) is 80.0 cm³/mol. The van der Waals surface area contributed by atoms with Gasteiger partial charge in [-0.1, -0.05) is 24.3 Å². The highest BCUT2D eigenvalue weighted by molar-refractivity contribution is 9.10. The topological polar surface area (TPSA) is 16.1 Å². The molecule has 1 heterocycles. The van der Waals surface area contributed by atoms with E-state index < -0.39 is 0 Å². The number of hydrogen-bond donors (Lipinski definition) is 0. The van der Waals surface area contributed by atoms with Crippen LogP contribution >= 0.6 is 15.9 Å². The van der Waals surface area contributed by atoms with E-state index >= 15 is 0 Å². The summed E-state index contributed by atoms with van der Waals surface area (Å²) in [5, 5.41) is 0. The van der Waals surface area contributed by atoms with E-state index in [4.69, 9.17) is 0 Å². The van der Waals surface area contributed by atoms with Crippen LogP contribution in [0.2, 0.25) is 0 Å².